The molecule has 1 aromatic heterocycles. The summed E-state index contributed by atoms with van der Waals surface area (Å²) in [4.78, 5) is 32.0. The van der Waals surface area contributed by atoms with Crippen LogP contribution in [0.1, 0.15) is 50.0 Å². The third-order valence-electron chi connectivity index (χ3n) is 3.57. The minimum Gasteiger partial charge on any atom is -0.447 e. The van der Waals surface area contributed by atoms with E-state index in [0.29, 0.717) is 0 Å². The van der Waals surface area contributed by atoms with Gasteiger partial charge in [0.25, 0.3) is 5.91 Å². The third kappa shape index (κ3) is 4.24. The van der Waals surface area contributed by atoms with E-state index < -0.39 is 12.1 Å². The van der Waals surface area contributed by atoms with E-state index in [1.165, 1.54) is 18.6 Å². The van der Waals surface area contributed by atoms with Crippen molar-refractivity contribution in [3.8, 4) is 0 Å². The summed E-state index contributed by atoms with van der Waals surface area (Å²) in [5.74, 6) is -0.954. The predicted molar refractivity (Wildman–Crippen MR) is 76.5 cm³/mol. The Morgan fingerprint density at radius 2 is 2.00 bits per heavy atom. The number of esters is 1. The molecule has 0 spiro atoms. The first-order valence-corrected chi connectivity index (χ1v) is 7.35. The molecular formula is C15H21N3O3. The molecule has 1 fully saturated rings. The first-order chi connectivity index (χ1) is 10.1. The van der Waals surface area contributed by atoms with Crippen LogP contribution in [-0.2, 0) is 9.53 Å². The lowest BCUT2D eigenvalue weighted by atomic mass is 10.1. The number of carbonyl (C=O) groups is 2. The standard InChI is InChI=1S/C15H21N3O3/c1-10(2)13(14(19)18-11-5-3-4-6-11)21-15(20)12-9-16-7-8-17-12/h7-11,13H,3-6H2,1-2H3,(H,18,19). The van der Waals surface area contributed by atoms with E-state index in [2.05, 4.69) is 15.3 Å². The number of carbonyl (C=O) groups excluding carboxylic acids is 2. The van der Waals surface area contributed by atoms with Crippen LogP contribution in [0.15, 0.2) is 18.6 Å². The van der Waals surface area contributed by atoms with Crippen molar-refractivity contribution in [3.63, 3.8) is 0 Å². The number of rotatable bonds is 5. The van der Waals surface area contributed by atoms with Gasteiger partial charge in [-0.3, -0.25) is 9.78 Å². The molecule has 1 amide bonds. The van der Waals surface area contributed by atoms with Gasteiger partial charge < -0.3 is 10.1 Å². The van der Waals surface area contributed by atoms with Crippen molar-refractivity contribution in [2.45, 2.75) is 51.7 Å². The summed E-state index contributed by atoms with van der Waals surface area (Å²) < 4.78 is 5.32. The lowest BCUT2D eigenvalue weighted by molar-refractivity contribution is -0.132. The first kappa shape index (κ1) is 15.4. The Kier molecular flexibility index (Phi) is 5.25. The average Bonchev–Trinajstić information content (AvgIpc) is 2.97. The van der Waals surface area contributed by atoms with Gasteiger partial charge in [0.1, 0.15) is 0 Å². The lowest BCUT2D eigenvalue weighted by Crippen LogP contribution is -2.44. The highest BCUT2D eigenvalue weighted by Gasteiger charge is 2.29. The van der Waals surface area contributed by atoms with Crippen LogP contribution >= 0.6 is 0 Å². The Bertz CT molecular complexity index is 484. The summed E-state index contributed by atoms with van der Waals surface area (Å²) >= 11 is 0. The molecule has 0 saturated heterocycles. The fraction of sp³-hybridized carbons (Fsp3) is 0.600. The summed E-state index contributed by atoms with van der Waals surface area (Å²) in [6.07, 6.45) is 7.68. The second kappa shape index (κ2) is 7.15. The second-order valence-electron chi connectivity index (χ2n) is 5.65. The van der Waals surface area contributed by atoms with E-state index >= 15 is 0 Å². The van der Waals surface area contributed by atoms with Crippen molar-refractivity contribution in [1.82, 2.24) is 15.3 Å². The topological polar surface area (TPSA) is 81.2 Å². The van der Waals surface area contributed by atoms with Gasteiger partial charge in [0.2, 0.25) is 0 Å². The quantitative estimate of drug-likeness (QED) is 0.835. The maximum absolute atomic E-state index is 12.3. The second-order valence-corrected chi connectivity index (χ2v) is 5.65. The molecule has 21 heavy (non-hydrogen) atoms. The molecule has 0 aliphatic heterocycles. The van der Waals surface area contributed by atoms with Gasteiger partial charge in [-0.2, -0.15) is 0 Å². The molecule has 0 aromatic carbocycles. The SMILES string of the molecule is CC(C)C(OC(=O)c1cnccn1)C(=O)NC1CCCC1. The fourth-order valence-electron chi connectivity index (χ4n) is 2.43. The summed E-state index contributed by atoms with van der Waals surface area (Å²) in [5, 5.41) is 2.96. The molecule has 1 aliphatic rings. The van der Waals surface area contributed by atoms with Gasteiger partial charge in [0.15, 0.2) is 11.8 Å². The molecular weight excluding hydrogens is 270 g/mol. The molecule has 1 saturated carbocycles. The molecule has 6 nitrogen and oxygen atoms in total. The molecule has 0 bridgehead atoms. The normalized spacial score (nSPS) is 16.7. The Labute approximate surface area is 124 Å². The highest BCUT2D eigenvalue weighted by atomic mass is 16.5. The minimum absolute atomic E-state index is 0.105. The van der Waals surface area contributed by atoms with Crippen LogP contribution in [0, 0.1) is 5.92 Å². The van der Waals surface area contributed by atoms with E-state index in [-0.39, 0.29) is 23.6 Å². The summed E-state index contributed by atoms with van der Waals surface area (Å²) in [6, 6.07) is 0.203. The number of nitrogens with one attached hydrogen (secondary N) is 1. The Morgan fingerprint density at radius 3 is 2.57 bits per heavy atom. The average molecular weight is 291 g/mol. The molecule has 0 radical (unpaired) electrons. The van der Waals surface area contributed by atoms with Gasteiger partial charge in [0.05, 0.1) is 6.20 Å². The highest BCUT2D eigenvalue weighted by Crippen LogP contribution is 2.19. The first-order valence-electron chi connectivity index (χ1n) is 7.35. The molecule has 1 atom stereocenters. The Hall–Kier alpha value is -1.98. The number of nitrogens with zero attached hydrogens (tertiary/aromatic N) is 2. The van der Waals surface area contributed by atoms with Crippen LogP contribution in [0.4, 0.5) is 0 Å². The molecule has 1 heterocycles. The van der Waals surface area contributed by atoms with Gasteiger partial charge >= 0.3 is 5.97 Å². The summed E-state index contributed by atoms with van der Waals surface area (Å²) in [7, 11) is 0. The molecule has 1 aliphatic carbocycles. The van der Waals surface area contributed by atoms with Crippen molar-refractivity contribution in [1.29, 1.82) is 0 Å². The molecule has 6 heteroatoms. The van der Waals surface area contributed by atoms with Gasteiger partial charge in [0, 0.05) is 18.4 Å². The number of aromatic nitrogens is 2. The van der Waals surface area contributed by atoms with E-state index in [0.717, 1.165) is 25.7 Å². The van der Waals surface area contributed by atoms with Crippen LogP contribution in [0.5, 0.6) is 0 Å². The zero-order valence-corrected chi connectivity index (χ0v) is 12.4. The molecule has 1 N–H and O–H groups in total. The summed E-state index contributed by atoms with van der Waals surface area (Å²) in [6.45, 7) is 3.70. The van der Waals surface area contributed by atoms with E-state index in [9.17, 15) is 9.59 Å². The van der Waals surface area contributed by atoms with Crippen molar-refractivity contribution in [2.24, 2.45) is 5.92 Å². The number of hydrogen-bond acceptors (Lipinski definition) is 5. The van der Waals surface area contributed by atoms with E-state index in [4.69, 9.17) is 4.74 Å². The minimum atomic E-state index is -0.805. The number of ether oxygens (including phenoxy) is 1. The molecule has 2 rings (SSSR count). The van der Waals surface area contributed by atoms with Crippen molar-refractivity contribution in [2.75, 3.05) is 0 Å². The zero-order valence-electron chi connectivity index (χ0n) is 12.4. The zero-order chi connectivity index (χ0) is 15.2. The van der Waals surface area contributed by atoms with Crippen molar-refractivity contribution < 1.29 is 14.3 Å². The van der Waals surface area contributed by atoms with Gasteiger partial charge in [-0.05, 0) is 18.8 Å². The molecule has 114 valence electrons. The maximum Gasteiger partial charge on any atom is 0.359 e. The molecule has 1 aromatic rings. The Balaban J connectivity index is 1.98. The predicted octanol–water partition coefficient (Wildman–Crippen LogP) is 1.72. The van der Waals surface area contributed by atoms with Crippen molar-refractivity contribution >= 4 is 11.9 Å². The fourth-order valence-corrected chi connectivity index (χ4v) is 2.43. The van der Waals surface area contributed by atoms with E-state index in [1.54, 1.807) is 0 Å². The number of amides is 1. The van der Waals surface area contributed by atoms with E-state index in [1.807, 2.05) is 13.8 Å². The number of hydrogen-bond donors (Lipinski definition) is 1. The monoisotopic (exact) mass is 291 g/mol. The lowest BCUT2D eigenvalue weighted by Gasteiger charge is -2.22. The highest BCUT2D eigenvalue weighted by molar-refractivity contribution is 5.90. The molecule has 1 unspecified atom stereocenters. The smallest absolute Gasteiger partial charge is 0.359 e. The Morgan fingerprint density at radius 1 is 1.29 bits per heavy atom. The van der Waals surface area contributed by atoms with Gasteiger partial charge in [-0.25, -0.2) is 9.78 Å². The van der Waals surface area contributed by atoms with Gasteiger partial charge in [-0.1, -0.05) is 26.7 Å². The van der Waals surface area contributed by atoms with Crippen LogP contribution in [0.25, 0.3) is 0 Å². The van der Waals surface area contributed by atoms with Gasteiger partial charge in [-0.15, -0.1) is 0 Å². The van der Waals surface area contributed by atoms with Crippen LogP contribution in [0.3, 0.4) is 0 Å². The third-order valence-corrected chi connectivity index (χ3v) is 3.57. The largest absolute Gasteiger partial charge is 0.447 e. The maximum atomic E-state index is 12.3. The van der Waals surface area contributed by atoms with Crippen LogP contribution < -0.4 is 5.32 Å². The van der Waals surface area contributed by atoms with Crippen molar-refractivity contribution in [3.05, 3.63) is 24.3 Å². The summed E-state index contributed by atoms with van der Waals surface area (Å²) in [5.41, 5.74) is 0.108. The van der Waals surface area contributed by atoms with Crippen LogP contribution in [0.2, 0.25) is 0 Å². The van der Waals surface area contributed by atoms with Crippen LogP contribution in [-0.4, -0.2) is 34.0 Å².